The molecule has 0 radical (unpaired) electrons. The number of carbonyl (C=O) groups excluding carboxylic acids is 1. The molecule has 3 saturated carbocycles. The number of primary amides is 1. The second kappa shape index (κ2) is 10.8. The van der Waals surface area contributed by atoms with Crippen LogP contribution < -0.4 is 5.73 Å². The maximum atomic E-state index is 10.7. The molecule has 0 saturated heterocycles. The molecule has 0 heterocycles. The zero-order valence-corrected chi connectivity index (χ0v) is 24.6. The second-order valence-corrected chi connectivity index (χ2v) is 13.6. The first-order valence-corrected chi connectivity index (χ1v) is 15.6. The Morgan fingerprint density at radius 1 is 0.690 bits per heavy atom. The van der Waals surface area contributed by atoms with Crippen LogP contribution in [0, 0.1) is 35.5 Å². The standard InChI is InChI=1S/C13H17N.C12H14N2O2.C11H12O/c1-14(2)8-12-11-7-9-5-3-4-6-10(9)13(11)12;13-12(15)14(16)6-10-9-5-7-3-1-2-4-8(7)11(9)10;12-6-10-9-5-7-3-1-2-4-8(7)11(9)10/h3-6,11-13H,7-8H2,1-2H3;1-4,9-11,16H,5-6H2,(H2,13,15);1-4,9-12H,5-6H2. The van der Waals surface area contributed by atoms with Gasteiger partial charge in [-0.1, -0.05) is 72.8 Å². The molecule has 6 aliphatic carbocycles. The number of hydrogen-bond acceptors (Lipinski definition) is 4. The van der Waals surface area contributed by atoms with Crippen LogP contribution in [0.1, 0.15) is 51.1 Å². The number of fused-ring (bicyclic) bond motifs is 9. The Bertz CT molecular complexity index is 1470. The van der Waals surface area contributed by atoms with Gasteiger partial charge in [0.2, 0.25) is 0 Å². The molecular weight excluding hydrogens is 522 g/mol. The summed E-state index contributed by atoms with van der Waals surface area (Å²) >= 11 is 0. The molecule has 0 aromatic heterocycles. The van der Waals surface area contributed by atoms with Crippen LogP contribution in [0.15, 0.2) is 72.8 Å². The number of carbonyl (C=O) groups is 1. The third-order valence-corrected chi connectivity index (χ3v) is 11.0. The Balaban J connectivity index is 0.000000104. The lowest BCUT2D eigenvalue weighted by Gasteiger charge is -2.13. The molecule has 6 aliphatic rings. The van der Waals surface area contributed by atoms with Gasteiger partial charge in [0.25, 0.3) is 0 Å². The van der Waals surface area contributed by atoms with E-state index >= 15 is 0 Å². The number of aliphatic hydroxyl groups excluding tert-OH is 1. The van der Waals surface area contributed by atoms with Gasteiger partial charge in [-0.3, -0.25) is 5.21 Å². The van der Waals surface area contributed by atoms with Gasteiger partial charge in [0, 0.05) is 13.2 Å². The average Bonchev–Trinajstić information content (AvgIpc) is 3.85. The highest BCUT2D eigenvalue weighted by atomic mass is 16.5. The number of hydrogen-bond donors (Lipinski definition) is 3. The number of nitrogens with zero attached hydrogens (tertiary/aromatic N) is 2. The number of rotatable bonds is 5. The van der Waals surface area contributed by atoms with Gasteiger partial charge >= 0.3 is 6.03 Å². The predicted molar refractivity (Wildman–Crippen MR) is 163 cm³/mol. The first-order chi connectivity index (χ1) is 20.4. The van der Waals surface area contributed by atoms with Gasteiger partial charge in [0.15, 0.2) is 0 Å². The van der Waals surface area contributed by atoms with Crippen molar-refractivity contribution in [3.05, 3.63) is 106 Å². The van der Waals surface area contributed by atoms with Crippen LogP contribution in [0.3, 0.4) is 0 Å². The number of hydroxylamine groups is 2. The lowest BCUT2D eigenvalue weighted by atomic mass is 10.0. The zero-order chi connectivity index (χ0) is 29.1. The van der Waals surface area contributed by atoms with E-state index in [-0.39, 0.29) is 0 Å². The average molecular weight is 566 g/mol. The summed E-state index contributed by atoms with van der Waals surface area (Å²) in [4.78, 5) is 13.1. The van der Waals surface area contributed by atoms with Crippen molar-refractivity contribution in [2.75, 3.05) is 33.8 Å². The maximum absolute atomic E-state index is 10.7. The Hall–Kier alpha value is -3.19. The van der Waals surface area contributed by atoms with E-state index in [4.69, 9.17) is 10.8 Å². The van der Waals surface area contributed by atoms with E-state index in [9.17, 15) is 10.0 Å². The molecule has 42 heavy (non-hydrogen) atoms. The number of urea groups is 1. The van der Waals surface area contributed by atoms with Crippen LogP contribution in [0.5, 0.6) is 0 Å². The summed E-state index contributed by atoms with van der Waals surface area (Å²) in [6, 6.07) is 25.3. The molecule has 0 bridgehead atoms. The molecule has 3 aromatic carbocycles. The SMILES string of the molecule is CN(C)CC1C2Cc3ccccc3C21.NC(=O)N(O)CC1C2Cc3ccccc3C21.OCC1C2Cc3ccccc3C12. The number of nitrogens with two attached hydrogens (primary N) is 1. The van der Waals surface area contributed by atoms with Crippen molar-refractivity contribution in [1.82, 2.24) is 9.96 Å². The van der Waals surface area contributed by atoms with Crippen molar-refractivity contribution < 1.29 is 15.1 Å². The first-order valence-electron chi connectivity index (χ1n) is 15.6. The minimum Gasteiger partial charge on any atom is -0.396 e. The molecule has 3 fully saturated rings. The number of benzene rings is 3. The van der Waals surface area contributed by atoms with Crippen LogP contribution in [0.4, 0.5) is 4.79 Å². The molecule has 4 N–H and O–H groups in total. The minimum absolute atomic E-state index is 0.360. The summed E-state index contributed by atoms with van der Waals surface area (Å²) in [6.45, 7) is 2.01. The molecule has 2 amide bonds. The largest absolute Gasteiger partial charge is 0.396 e. The summed E-state index contributed by atoms with van der Waals surface area (Å²) in [6.07, 6.45) is 3.60. The molecule has 9 rings (SSSR count). The minimum atomic E-state index is -0.766. The van der Waals surface area contributed by atoms with Crippen LogP contribution in [0.2, 0.25) is 0 Å². The van der Waals surface area contributed by atoms with Crippen molar-refractivity contribution >= 4 is 6.03 Å². The molecule has 0 aliphatic heterocycles. The van der Waals surface area contributed by atoms with Gasteiger partial charge in [-0.05, 0) is 120 Å². The van der Waals surface area contributed by atoms with Gasteiger partial charge in [0.05, 0.1) is 6.54 Å². The Kier molecular flexibility index (Phi) is 7.12. The molecule has 3 aromatic rings. The highest BCUT2D eigenvalue weighted by Gasteiger charge is 2.57. The van der Waals surface area contributed by atoms with E-state index < -0.39 is 6.03 Å². The van der Waals surface area contributed by atoms with Crippen molar-refractivity contribution in [1.29, 1.82) is 0 Å². The molecular formula is C36H43N3O3. The monoisotopic (exact) mass is 565 g/mol. The van der Waals surface area contributed by atoms with Crippen molar-refractivity contribution in [2.45, 2.75) is 37.0 Å². The number of aliphatic hydroxyl groups is 1. The quantitative estimate of drug-likeness (QED) is 0.299. The first kappa shape index (κ1) is 27.6. The predicted octanol–water partition coefficient (Wildman–Crippen LogP) is 5.04. The third kappa shape index (κ3) is 4.93. The van der Waals surface area contributed by atoms with Crippen LogP contribution in [-0.4, -0.2) is 60.1 Å². The summed E-state index contributed by atoms with van der Waals surface area (Å²) < 4.78 is 0. The molecule has 9 unspecified atom stereocenters. The Morgan fingerprint density at radius 3 is 1.48 bits per heavy atom. The fourth-order valence-electron chi connectivity index (χ4n) is 8.91. The summed E-state index contributed by atoms with van der Waals surface area (Å²) in [5.41, 5.74) is 14.1. The van der Waals surface area contributed by atoms with Crippen LogP contribution >= 0.6 is 0 Å². The molecule has 6 nitrogen and oxygen atoms in total. The van der Waals surface area contributed by atoms with E-state index in [0.29, 0.717) is 47.8 Å². The number of amides is 2. The molecule has 0 spiro atoms. The molecule has 220 valence electrons. The van der Waals surface area contributed by atoms with Crippen molar-refractivity contribution in [2.24, 2.45) is 41.2 Å². The van der Waals surface area contributed by atoms with Gasteiger partial charge in [-0.25, -0.2) is 9.86 Å². The smallest absolute Gasteiger partial charge is 0.338 e. The molecule has 9 atom stereocenters. The van der Waals surface area contributed by atoms with Crippen LogP contribution in [0.25, 0.3) is 0 Å². The van der Waals surface area contributed by atoms with Crippen LogP contribution in [-0.2, 0) is 19.3 Å². The van der Waals surface area contributed by atoms with Gasteiger partial charge in [-0.15, -0.1) is 0 Å². The molecule has 6 heteroatoms. The summed E-state index contributed by atoms with van der Waals surface area (Å²) in [5.74, 6) is 6.35. The van der Waals surface area contributed by atoms with Crippen molar-refractivity contribution in [3.63, 3.8) is 0 Å². The van der Waals surface area contributed by atoms with E-state index in [1.165, 1.54) is 41.6 Å². The maximum Gasteiger partial charge on any atom is 0.338 e. The van der Waals surface area contributed by atoms with Gasteiger partial charge < -0.3 is 15.7 Å². The normalized spacial score (nSPS) is 32.5. The third-order valence-electron chi connectivity index (χ3n) is 11.0. The summed E-state index contributed by atoms with van der Waals surface area (Å²) in [7, 11) is 4.36. The van der Waals surface area contributed by atoms with E-state index in [1.807, 2.05) is 6.07 Å². The highest BCUT2D eigenvalue weighted by molar-refractivity contribution is 5.70. The lowest BCUT2D eigenvalue weighted by Crippen LogP contribution is -2.34. The van der Waals surface area contributed by atoms with Gasteiger partial charge in [0.1, 0.15) is 0 Å². The lowest BCUT2D eigenvalue weighted by molar-refractivity contribution is -0.0442. The fraction of sp³-hybridized carbons (Fsp3) is 0.472. The van der Waals surface area contributed by atoms with E-state index in [0.717, 1.165) is 30.1 Å². The highest BCUT2D eigenvalue weighted by Crippen LogP contribution is 2.62. The Labute approximate surface area is 249 Å². The van der Waals surface area contributed by atoms with Crippen molar-refractivity contribution in [3.8, 4) is 0 Å². The zero-order valence-electron chi connectivity index (χ0n) is 24.6. The van der Waals surface area contributed by atoms with Gasteiger partial charge in [-0.2, -0.15) is 0 Å². The fourth-order valence-corrected chi connectivity index (χ4v) is 8.91. The van der Waals surface area contributed by atoms with E-state index in [1.54, 1.807) is 11.1 Å². The topological polar surface area (TPSA) is 90.0 Å². The summed E-state index contributed by atoms with van der Waals surface area (Å²) in [5, 5.41) is 19.0. The second-order valence-electron chi connectivity index (χ2n) is 13.6. The van der Waals surface area contributed by atoms with E-state index in [2.05, 4.69) is 85.7 Å². The Morgan fingerprint density at radius 2 is 1.07 bits per heavy atom.